The predicted molar refractivity (Wildman–Crippen MR) is 63.4 cm³/mol. The van der Waals surface area contributed by atoms with Gasteiger partial charge >= 0.3 is 0 Å². The Hall–Kier alpha value is -1.95. The van der Waals surface area contributed by atoms with Gasteiger partial charge in [-0.2, -0.15) is 5.26 Å². The number of nitrogens with zero attached hydrogens (tertiary/aromatic N) is 1. The zero-order valence-corrected chi connectivity index (χ0v) is 9.56. The van der Waals surface area contributed by atoms with E-state index in [-0.39, 0.29) is 0 Å². The van der Waals surface area contributed by atoms with Crippen molar-refractivity contribution >= 4 is 6.08 Å². The van der Waals surface area contributed by atoms with Gasteiger partial charge in [-0.05, 0) is 30.2 Å². The van der Waals surface area contributed by atoms with Crippen molar-refractivity contribution in [2.24, 2.45) is 0 Å². The molecular weight excluding hydrogens is 202 g/mol. The third-order valence-corrected chi connectivity index (χ3v) is 2.00. The van der Waals surface area contributed by atoms with E-state index < -0.39 is 0 Å². The van der Waals surface area contributed by atoms with Crippen molar-refractivity contribution in [3.63, 3.8) is 0 Å². The zero-order chi connectivity index (χ0) is 11.8. The highest BCUT2D eigenvalue weighted by Gasteiger charge is 2.03. The minimum Gasteiger partial charge on any atom is -0.493 e. The topological polar surface area (TPSA) is 42.2 Å². The molecule has 0 aliphatic carbocycles. The summed E-state index contributed by atoms with van der Waals surface area (Å²) in [6.07, 6.45) is 4.12. The number of nitriles is 1. The van der Waals surface area contributed by atoms with E-state index in [0.29, 0.717) is 12.4 Å². The Morgan fingerprint density at radius 3 is 2.81 bits per heavy atom. The Labute approximate surface area is 95.9 Å². The molecule has 1 aromatic carbocycles. The predicted octanol–water partition coefficient (Wildman–Crippen LogP) is 3.02. The lowest BCUT2D eigenvalue weighted by atomic mass is 10.2. The summed E-state index contributed by atoms with van der Waals surface area (Å²) in [4.78, 5) is 0. The molecule has 1 aromatic rings. The summed E-state index contributed by atoms with van der Waals surface area (Å²) in [5.74, 6) is 1.42. The van der Waals surface area contributed by atoms with Crippen LogP contribution in [0.15, 0.2) is 24.3 Å². The van der Waals surface area contributed by atoms with Crippen LogP contribution in [0.4, 0.5) is 0 Å². The first-order valence-corrected chi connectivity index (χ1v) is 5.18. The van der Waals surface area contributed by atoms with Gasteiger partial charge in [-0.25, -0.2) is 0 Å². The van der Waals surface area contributed by atoms with Gasteiger partial charge in [-0.3, -0.25) is 0 Å². The lowest BCUT2D eigenvalue weighted by Crippen LogP contribution is -1.97. The van der Waals surface area contributed by atoms with Gasteiger partial charge in [0, 0.05) is 6.08 Å². The van der Waals surface area contributed by atoms with Gasteiger partial charge in [0.05, 0.1) is 19.8 Å². The van der Waals surface area contributed by atoms with E-state index in [1.54, 1.807) is 13.2 Å². The number of benzene rings is 1. The molecule has 0 saturated heterocycles. The molecule has 0 aliphatic rings. The summed E-state index contributed by atoms with van der Waals surface area (Å²) in [5.41, 5.74) is 0.919. The second kappa shape index (κ2) is 6.52. The molecule has 16 heavy (non-hydrogen) atoms. The fraction of sp³-hybridized carbons (Fsp3) is 0.308. The molecule has 1 rings (SSSR count). The smallest absolute Gasteiger partial charge is 0.161 e. The average Bonchev–Trinajstić information content (AvgIpc) is 2.34. The van der Waals surface area contributed by atoms with Crippen LogP contribution in [-0.4, -0.2) is 13.7 Å². The average molecular weight is 217 g/mol. The second-order valence-corrected chi connectivity index (χ2v) is 3.22. The van der Waals surface area contributed by atoms with Gasteiger partial charge in [-0.1, -0.05) is 13.0 Å². The second-order valence-electron chi connectivity index (χ2n) is 3.22. The number of allylic oxidation sites excluding steroid dienone is 1. The molecule has 0 radical (unpaired) electrons. The highest BCUT2D eigenvalue weighted by molar-refractivity contribution is 5.57. The van der Waals surface area contributed by atoms with Crippen molar-refractivity contribution in [3.8, 4) is 17.6 Å². The van der Waals surface area contributed by atoms with Crippen LogP contribution in [0.5, 0.6) is 11.5 Å². The molecule has 3 nitrogen and oxygen atoms in total. The summed E-state index contributed by atoms with van der Waals surface area (Å²) in [7, 11) is 1.60. The van der Waals surface area contributed by atoms with E-state index in [1.807, 2.05) is 24.3 Å². The summed E-state index contributed by atoms with van der Waals surface area (Å²) in [5, 5.41) is 8.43. The minimum atomic E-state index is 0.670. The molecule has 0 heterocycles. The maximum absolute atomic E-state index is 8.43. The maximum atomic E-state index is 8.43. The quantitative estimate of drug-likeness (QED) is 0.712. The molecule has 3 heteroatoms. The van der Waals surface area contributed by atoms with Crippen molar-refractivity contribution in [3.05, 3.63) is 29.8 Å². The largest absolute Gasteiger partial charge is 0.493 e. The SMILES string of the molecule is CCCOc1ccc(C=CC#N)cc1OC. The van der Waals surface area contributed by atoms with Gasteiger partial charge in [0.25, 0.3) is 0 Å². The first-order chi connectivity index (χ1) is 7.81. The summed E-state index contributed by atoms with van der Waals surface area (Å²) in [6, 6.07) is 7.54. The molecule has 0 unspecified atom stereocenters. The van der Waals surface area contributed by atoms with Crippen molar-refractivity contribution < 1.29 is 9.47 Å². The highest BCUT2D eigenvalue weighted by Crippen LogP contribution is 2.28. The van der Waals surface area contributed by atoms with E-state index in [2.05, 4.69) is 6.92 Å². The Morgan fingerprint density at radius 2 is 2.19 bits per heavy atom. The molecule has 0 amide bonds. The summed E-state index contributed by atoms with van der Waals surface area (Å²) in [6.45, 7) is 2.72. The third kappa shape index (κ3) is 3.32. The van der Waals surface area contributed by atoms with Crippen LogP contribution >= 0.6 is 0 Å². The minimum absolute atomic E-state index is 0.670. The first-order valence-electron chi connectivity index (χ1n) is 5.18. The zero-order valence-electron chi connectivity index (χ0n) is 9.56. The van der Waals surface area contributed by atoms with Crippen LogP contribution in [0.2, 0.25) is 0 Å². The van der Waals surface area contributed by atoms with Gasteiger partial charge in [0.2, 0.25) is 0 Å². The van der Waals surface area contributed by atoms with Gasteiger partial charge in [0.1, 0.15) is 0 Å². The molecule has 0 spiro atoms. The summed E-state index contributed by atoms with van der Waals surface area (Å²) < 4.78 is 10.7. The van der Waals surface area contributed by atoms with Crippen molar-refractivity contribution in [1.29, 1.82) is 5.26 Å². The lowest BCUT2D eigenvalue weighted by Gasteiger charge is -2.10. The maximum Gasteiger partial charge on any atom is 0.161 e. The van der Waals surface area contributed by atoms with Crippen LogP contribution in [0.3, 0.4) is 0 Å². The van der Waals surface area contributed by atoms with Crippen LogP contribution in [-0.2, 0) is 0 Å². The monoisotopic (exact) mass is 217 g/mol. The van der Waals surface area contributed by atoms with E-state index in [4.69, 9.17) is 14.7 Å². The number of rotatable bonds is 5. The number of hydrogen-bond acceptors (Lipinski definition) is 3. The fourth-order valence-electron chi connectivity index (χ4n) is 1.25. The van der Waals surface area contributed by atoms with E-state index in [1.165, 1.54) is 6.08 Å². The summed E-state index contributed by atoms with van der Waals surface area (Å²) >= 11 is 0. The molecule has 0 aliphatic heterocycles. The van der Waals surface area contributed by atoms with Crippen LogP contribution < -0.4 is 9.47 Å². The molecule has 0 aromatic heterocycles. The molecule has 0 atom stereocenters. The Kier molecular flexibility index (Phi) is 4.94. The molecule has 84 valence electrons. The van der Waals surface area contributed by atoms with Gasteiger partial charge < -0.3 is 9.47 Å². The molecule has 0 saturated carbocycles. The van der Waals surface area contributed by atoms with Crippen molar-refractivity contribution in [1.82, 2.24) is 0 Å². The Balaban J connectivity index is 2.89. The molecular formula is C13H15NO2. The van der Waals surface area contributed by atoms with Gasteiger partial charge in [-0.15, -0.1) is 0 Å². The Bertz CT molecular complexity index is 405. The van der Waals surface area contributed by atoms with Crippen molar-refractivity contribution in [2.45, 2.75) is 13.3 Å². The van der Waals surface area contributed by atoms with E-state index in [9.17, 15) is 0 Å². The van der Waals surface area contributed by atoms with Crippen molar-refractivity contribution in [2.75, 3.05) is 13.7 Å². The fourth-order valence-corrected chi connectivity index (χ4v) is 1.25. The molecule has 0 N–H and O–H groups in total. The lowest BCUT2D eigenvalue weighted by molar-refractivity contribution is 0.294. The van der Waals surface area contributed by atoms with Crippen LogP contribution in [0, 0.1) is 11.3 Å². The van der Waals surface area contributed by atoms with Crippen LogP contribution in [0.25, 0.3) is 6.08 Å². The first kappa shape index (κ1) is 12.1. The third-order valence-electron chi connectivity index (χ3n) is 2.00. The Morgan fingerprint density at radius 1 is 1.38 bits per heavy atom. The highest BCUT2D eigenvalue weighted by atomic mass is 16.5. The van der Waals surface area contributed by atoms with Gasteiger partial charge in [0.15, 0.2) is 11.5 Å². The standard InChI is InChI=1S/C13H15NO2/c1-3-9-16-12-7-6-11(5-4-8-14)10-13(12)15-2/h4-7,10H,3,9H2,1-2H3. The molecule has 0 fully saturated rings. The number of hydrogen-bond donors (Lipinski definition) is 0. The molecule has 0 bridgehead atoms. The van der Waals surface area contributed by atoms with Crippen LogP contribution in [0.1, 0.15) is 18.9 Å². The normalized spacial score (nSPS) is 10.1. The van der Waals surface area contributed by atoms with E-state index >= 15 is 0 Å². The number of methoxy groups -OCH3 is 1. The van der Waals surface area contributed by atoms with E-state index in [0.717, 1.165) is 17.7 Å². The number of ether oxygens (including phenoxy) is 2.